The quantitative estimate of drug-likeness (QED) is 0.769. The summed E-state index contributed by atoms with van der Waals surface area (Å²) in [6, 6.07) is 15.5. The van der Waals surface area contributed by atoms with Gasteiger partial charge in [0, 0.05) is 30.8 Å². The number of amides is 1. The summed E-state index contributed by atoms with van der Waals surface area (Å²) in [4.78, 5) is 15.0. The smallest absolute Gasteiger partial charge is 0.241 e. The molecule has 0 aromatic heterocycles. The number of carbonyl (C=O) groups is 1. The lowest BCUT2D eigenvalue weighted by atomic mass is 9.89. The topological polar surface area (TPSA) is 76.8 Å². The molecule has 150 valence electrons. The maximum atomic E-state index is 12.8. The van der Waals surface area contributed by atoms with Crippen molar-refractivity contribution in [2.45, 2.75) is 18.9 Å². The number of benzene rings is 2. The summed E-state index contributed by atoms with van der Waals surface area (Å²) in [5, 5.41) is 2.98. The average Bonchev–Trinajstić information content (AvgIpc) is 3.18. The van der Waals surface area contributed by atoms with E-state index >= 15 is 0 Å². The van der Waals surface area contributed by atoms with Gasteiger partial charge in [0.25, 0.3) is 0 Å². The zero-order chi connectivity index (χ0) is 20.1. The fourth-order valence-corrected chi connectivity index (χ4v) is 3.86. The highest BCUT2D eigenvalue weighted by molar-refractivity contribution is 5.94. The van der Waals surface area contributed by atoms with Gasteiger partial charge in [0.15, 0.2) is 11.5 Å². The Balaban J connectivity index is 1.68. The number of nitrogens with one attached hydrogen (secondary N) is 1. The molecule has 1 heterocycles. The maximum Gasteiger partial charge on any atom is 0.241 e. The number of rotatable bonds is 7. The number of hydrogen-bond acceptors (Lipinski definition) is 5. The van der Waals surface area contributed by atoms with E-state index in [-0.39, 0.29) is 11.9 Å². The Bertz CT molecular complexity index is 797. The predicted molar refractivity (Wildman–Crippen MR) is 111 cm³/mol. The van der Waals surface area contributed by atoms with Gasteiger partial charge in [-0.25, -0.2) is 0 Å². The maximum absolute atomic E-state index is 12.8. The van der Waals surface area contributed by atoms with Crippen molar-refractivity contribution in [3.63, 3.8) is 0 Å². The Kier molecular flexibility index (Phi) is 6.54. The molecule has 1 aliphatic heterocycles. The molecule has 2 aromatic rings. The third-order valence-electron chi connectivity index (χ3n) is 5.58. The van der Waals surface area contributed by atoms with E-state index in [9.17, 15) is 4.79 Å². The first-order valence-electron chi connectivity index (χ1n) is 9.59. The molecule has 1 unspecified atom stereocenters. The molecule has 6 nitrogen and oxygen atoms in total. The lowest BCUT2D eigenvalue weighted by Gasteiger charge is -2.24. The lowest BCUT2D eigenvalue weighted by molar-refractivity contribution is -0.120. The number of nitrogens with zero attached hydrogens (tertiary/aromatic N) is 1. The minimum atomic E-state index is -0.254. The lowest BCUT2D eigenvalue weighted by Crippen LogP contribution is -2.41. The molecule has 3 atom stereocenters. The van der Waals surface area contributed by atoms with Gasteiger partial charge in [-0.15, -0.1) is 0 Å². The van der Waals surface area contributed by atoms with E-state index in [0.717, 1.165) is 13.1 Å². The Morgan fingerprint density at radius 2 is 1.86 bits per heavy atom. The van der Waals surface area contributed by atoms with Crippen LogP contribution in [0.5, 0.6) is 11.5 Å². The van der Waals surface area contributed by atoms with Gasteiger partial charge in [0.1, 0.15) is 0 Å². The van der Waals surface area contributed by atoms with Crippen LogP contribution >= 0.6 is 0 Å². The van der Waals surface area contributed by atoms with Crippen LogP contribution < -0.4 is 20.5 Å². The first-order valence-corrected chi connectivity index (χ1v) is 9.59. The van der Waals surface area contributed by atoms with E-state index in [0.29, 0.717) is 35.6 Å². The summed E-state index contributed by atoms with van der Waals surface area (Å²) < 4.78 is 10.6. The second kappa shape index (κ2) is 9.08. The van der Waals surface area contributed by atoms with E-state index in [2.05, 4.69) is 34.5 Å². The molecule has 1 fully saturated rings. The standard InChI is InChI=1S/C22H29N3O3/c1-15(22(26)24-18-9-10-20(27-2)21(11-18)28-3)25-13-17(12-23)19(14-25)16-7-5-4-6-8-16/h4-11,15,17,19H,12-14,23H2,1-3H3,(H,24,26)/t15?,17-,19+/m1/s1. The van der Waals surface area contributed by atoms with Crippen LogP contribution in [0.1, 0.15) is 18.4 Å². The molecule has 1 saturated heterocycles. The first-order chi connectivity index (χ1) is 13.6. The zero-order valence-electron chi connectivity index (χ0n) is 16.7. The second-order valence-electron chi connectivity index (χ2n) is 7.20. The number of ether oxygens (including phenoxy) is 2. The van der Waals surface area contributed by atoms with Crippen molar-refractivity contribution < 1.29 is 14.3 Å². The van der Waals surface area contributed by atoms with Gasteiger partial charge in [-0.05, 0) is 37.1 Å². The van der Waals surface area contributed by atoms with Crippen molar-refractivity contribution in [1.29, 1.82) is 0 Å². The van der Waals surface area contributed by atoms with E-state index in [1.54, 1.807) is 26.4 Å². The molecule has 1 amide bonds. The third kappa shape index (κ3) is 4.29. The number of anilines is 1. The van der Waals surface area contributed by atoms with Crippen LogP contribution in [-0.2, 0) is 4.79 Å². The summed E-state index contributed by atoms with van der Waals surface area (Å²) in [7, 11) is 3.16. The molecule has 0 spiro atoms. The summed E-state index contributed by atoms with van der Waals surface area (Å²) in [6.07, 6.45) is 0. The van der Waals surface area contributed by atoms with Gasteiger partial charge in [-0.2, -0.15) is 0 Å². The number of carbonyl (C=O) groups excluding carboxylic acids is 1. The molecule has 3 N–H and O–H groups in total. The summed E-state index contributed by atoms with van der Waals surface area (Å²) in [5.74, 6) is 1.86. The minimum absolute atomic E-state index is 0.0447. The van der Waals surface area contributed by atoms with Crippen molar-refractivity contribution in [2.24, 2.45) is 11.7 Å². The van der Waals surface area contributed by atoms with Crippen LogP contribution in [0, 0.1) is 5.92 Å². The van der Waals surface area contributed by atoms with Crippen LogP contribution in [0.3, 0.4) is 0 Å². The van der Waals surface area contributed by atoms with Gasteiger partial charge in [-0.3, -0.25) is 9.69 Å². The van der Waals surface area contributed by atoms with Crippen molar-refractivity contribution in [1.82, 2.24) is 4.90 Å². The number of hydrogen-bond donors (Lipinski definition) is 2. The molecule has 28 heavy (non-hydrogen) atoms. The van der Waals surface area contributed by atoms with Crippen LogP contribution in [0.4, 0.5) is 5.69 Å². The molecular formula is C22H29N3O3. The van der Waals surface area contributed by atoms with Crippen molar-refractivity contribution >= 4 is 11.6 Å². The SMILES string of the molecule is COc1ccc(NC(=O)C(C)N2C[C@@H](CN)[C@H](c3ccccc3)C2)cc1OC. The molecular weight excluding hydrogens is 354 g/mol. The van der Waals surface area contributed by atoms with Crippen molar-refractivity contribution in [2.75, 3.05) is 39.2 Å². The van der Waals surface area contributed by atoms with Crippen LogP contribution in [0.15, 0.2) is 48.5 Å². The van der Waals surface area contributed by atoms with Gasteiger partial charge in [0.2, 0.25) is 5.91 Å². The number of methoxy groups -OCH3 is 2. The van der Waals surface area contributed by atoms with Crippen molar-refractivity contribution in [3.05, 3.63) is 54.1 Å². The van der Waals surface area contributed by atoms with E-state index in [1.165, 1.54) is 5.56 Å². The molecule has 0 radical (unpaired) electrons. The fourth-order valence-electron chi connectivity index (χ4n) is 3.86. The largest absolute Gasteiger partial charge is 0.493 e. The molecule has 3 rings (SSSR count). The summed E-state index contributed by atoms with van der Waals surface area (Å²) >= 11 is 0. The Morgan fingerprint density at radius 3 is 2.50 bits per heavy atom. The van der Waals surface area contributed by atoms with E-state index in [4.69, 9.17) is 15.2 Å². The third-order valence-corrected chi connectivity index (χ3v) is 5.58. The molecule has 2 aromatic carbocycles. The first kappa shape index (κ1) is 20.2. The number of nitrogens with two attached hydrogens (primary N) is 1. The van der Waals surface area contributed by atoms with Crippen molar-refractivity contribution in [3.8, 4) is 11.5 Å². The molecule has 6 heteroatoms. The second-order valence-corrected chi connectivity index (χ2v) is 7.20. The van der Waals surface area contributed by atoms with E-state index in [1.807, 2.05) is 19.1 Å². The Hall–Kier alpha value is -2.57. The summed E-state index contributed by atoms with van der Waals surface area (Å²) in [5.41, 5.74) is 8.00. The van der Waals surface area contributed by atoms with Gasteiger partial charge < -0.3 is 20.5 Å². The zero-order valence-corrected chi connectivity index (χ0v) is 16.7. The average molecular weight is 383 g/mol. The highest BCUT2D eigenvalue weighted by Crippen LogP contribution is 2.34. The van der Waals surface area contributed by atoms with Crippen LogP contribution in [0.25, 0.3) is 0 Å². The van der Waals surface area contributed by atoms with Gasteiger partial charge in [0.05, 0.1) is 20.3 Å². The Morgan fingerprint density at radius 1 is 1.14 bits per heavy atom. The molecule has 0 saturated carbocycles. The number of likely N-dealkylation sites (tertiary alicyclic amines) is 1. The van der Waals surface area contributed by atoms with E-state index < -0.39 is 0 Å². The highest BCUT2D eigenvalue weighted by atomic mass is 16.5. The molecule has 0 aliphatic carbocycles. The molecule has 1 aliphatic rings. The monoisotopic (exact) mass is 383 g/mol. The normalized spacial score (nSPS) is 20.6. The molecule has 0 bridgehead atoms. The fraction of sp³-hybridized carbons (Fsp3) is 0.409. The van der Waals surface area contributed by atoms with Crippen LogP contribution in [-0.4, -0.2) is 50.7 Å². The minimum Gasteiger partial charge on any atom is -0.493 e. The Labute approximate surface area is 166 Å². The van der Waals surface area contributed by atoms with Crippen LogP contribution in [0.2, 0.25) is 0 Å². The summed E-state index contributed by atoms with van der Waals surface area (Å²) in [6.45, 7) is 4.19. The highest BCUT2D eigenvalue weighted by Gasteiger charge is 2.36. The van der Waals surface area contributed by atoms with Gasteiger partial charge >= 0.3 is 0 Å². The predicted octanol–water partition coefficient (Wildman–Crippen LogP) is 2.71. The van der Waals surface area contributed by atoms with Gasteiger partial charge in [-0.1, -0.05) is 30.3 Å².